The maximum Gasteiger partial charge on any atom is 0.285 e. The van der Waals surface area contributed by atoms with Gasteiger partial charge in [0, 0.05) is 17.6 Å². The highest BCUT2D eigenvalue weighted by atomic mass is 79.9. The van der Waals surface area contributed by atoms with Crippen molar-refractivity contribution in [2.75, 3.05) is 4.90 Å². The van der Waals surface area contributed by atoms with Crippen molar-refractivity contribution in [3.05, 3.63) is 55.4 Å². The van der Waals surface area contributed by atoms with Crippen molar-refractivity contribution in [3.63, 3.8) is 0 Å². The van der Waals surface area contributed by atoms with Crippen molar-refractivity contribution in [1.29, 1.82) is 0 Å². The Balaban J connectivity index is 1.99. The predicted octanol–water partition coefficient (Wildman–Crippen LogP) is 2.71. The molecule has 0 unspecified atom stereocenters. The Morgan fingerprint density at radius 1 is 1.33 bits per heavy atom. The topological polar surface area (TPSA) is 49.0 Å². The highest BCUT2D eigenvalue weighted by Crippen LogP contribution is 2.31. The van der Waals surface area contributed by atoms with Crippen molar-refractivity contribution >= 4 is 33.2 Å². The van der Waals surface area contributed by atoms with Crippen molar-refractivity contribution in [2.45, 2.75) is 13.1 Å². The van der Waals surface area contributed by atoms with E-state index >= 15 is 0 Å². The number of rotatable bonds is 1. The molecule has 0 spiro atoms. The van der Waals surface area contributed by atoms with Crippen LogP contribution in [-0.4, -0.2) is 10.2 Å². The SMILES string of the molecule is O=c1[nH]ncc(N2Cc3ccc(Br)cc3C2)c1Cl. The number of hydrogen-bond donors (Lipinski definition) is 1. The van der Waals surface area contributed by atoms with Gasteiger partial charge in [0.1, 0.15) is 5.02 Å². The van der Waals surface area contributed by atoms with Gasteiger partial charge in [-0.2, -0.15) is 5.10 Å². The third kappa shape index (κ3) is 1.93. The second-order valence-corrected chi connectivity index (χ2v) is 5.46. The molecule has 0 bridgehead atoms. The van der Waals surface area contributed by atoms with E-state index in [4.69, 9.17) is 11.6 Å². The van der Waals surface area contributed by atoms with Crippen LogP contribution in [0.1, 0.15) is 11.1 Å². The Hall–Kier alpha value is -1.33. The molecular weight excluding hydrogens is 318 g/mol. The maximum absolute atomic E-state index is 11.4. The van der Waals surface area contributed by atoms with E-state index in [1.165, 1.54) is 11.1 Å². The molecule has 0 amide bonds. The van der Waals surface area contributed by atoms with Crippen LogP contribution in [0.5, 0.6) is 0 Å². The van der Waals surface area contributed by atoms with Gasteiger partial charge in [0.25, 0.3) is 5.56 Å². The molecule has 1 aliphatic heterocycles. The second-order valence-electron chi connectivity index (χ2n) is 4.17. The number of aromatic amines is 1. The van der Waals surface area contributed by atoms with Gasteiger partial charge in [0.05, 0.1) is 11.9 Å². The fourth-order valence-corrected chi connectivity index (χ4v) is 2.75. The molecule has 92 valence electrons. The summed E-state index contributed by atoms with van der Waals surface area (Å²) in [6.07, 6.45) is 1.59. The summed E-state index contributed by atoms with van der Waals surface area (Å²) in [4.78, 5) is 13.5. The van der Waals surface area contributed by atoms with Gasteiger partial charge in [0.15, 0.2) is 0 Å². The largest absolute Gasteiger partial charge is 0.360 e. The molecule has 6 heteroatoms. The zero-order valence-electron chi connectivity index (χ0n) is 9.28. The molecule has 2 aromatic rings. The Morgan fingerprint density at radius 3 is 2.94 bits per heavy atom. The van der Waals surface area contributed by atoms with E-state index in [0.717, 1.165) is 17.6 Å². The van der Waals surface area contributed by atoms with Gasteiger partial charge < -0.3 is 4.90 Å². The average Bonchev–Trinajstić information content (AvgIpc) is 2.75. The first-order chi connectivity index (χ1) is 8.65. The Morgan fingerprint density at radius 2 is 2.11 bits per heavy atom. The normalized spacial score (nSPS) is 13.8. The summed E-state index contributed by atoms with van der Waals surface area (Å²) in [7, 11) is 0. The number of halogens is 2. The predicted molar refractivity (Wildman–Crippen MR) is 73.9 cm³/mol. The van der Waals surface area contributed by atoms with Gasteiger partial charge in [0.2, 0.25) is 0 Å². The number of nitrogens with one attached hydrogen (secondary N) is 1. The van der Waals surface area contributed by atoms with E-state index in [0.29, 0.717) is 5.69 Å². The molecule has 0 radical (unpaired) electrons. The maximum atomic E-state index is 11.4. The molecule has 0 saturated carbocycles. The Bertz CT molecular complexity index is 671. The first-order valence-corrected chi connectivity index (χ1v) is 6.57. The van der Waals surface area contributed by atoms with E-state index in [9.17, 15) is 4.79 Å². The zero-order valence-corrected chi connectivity index (χ0v) is 11.6. The lowest BCUT2D eigenvalue weighted by Crippen LogP contribution is -2.19. The minimum absolute atomic E-state index is 0.192. The van der Waals surface area contributed by atoms with Gasteiger partial charge in [-0.3, -0.25) is 4.79 Å². The highest BCUT2D eigenvalue weighted by molar-refractivity contribution is 9.10. The standard InChI is InChI=1S/C12H9BrClN3O/c13-9-2-1-7-5-17(6-8(7)3-9)10-4-15-16-12(18)11(10)14/h1-4H,5-6H2,(H,16,18). The molecule has 1 aromatic heterocycles. The molecule has 0 atom stereocenters. The number of H-pyrrole nitrogens is 1. The smallest absolute Gasteiger partial charge is 0.285 e. The van der Waals surface area contributed by atoms with Crippen LogP contribution in [-0.2, 0) is 13.1 Å². The molecule has 0 saturated heterocycles. The Labute approximate surface area is 117 Å². The third-order valence-electron chi connectivity index (χ3n) is 3.01. The molecule has 1 aromatic carbocycles. The van der Waals surface area contributed by atoms with Crippen molar-refractivity contribution in [3.8, 4) is 0 Å². The van der Waals surface area contributed by atoms with Gasteiger partial charge in [-0.05, 0) is 23.3 Å². The minimum atomic E-state index is -0.355. The lowest BCUT2D eigenvalue weighted by atomic mass is 10.1. The Kier molecular flexibility index (Phi) is 2.87. The van der Waals surface area contributed by atoms with E-state index in [-0.39, 0.29) is 10.6 Å². The summed E-state index contributed by atoms with van der Waals surface area (Å²) in [5, 5.41) is 6.31. The fraction of sp³-hybridized carbons (Fsp3) is 0.167. The summed E-state index contributed by atoms with van der Waals surface area (Å²) in [5.74, 6) is 0. The molecule has 0 aliphatic carbocycles. The lowest BCUT2D eigenvalue weighted by molar-refractivity contribution is 0.859. The van der Waals surface area contributed by atoms with E-state index in [2.05, 4.69) is 38.3 Å². The highest BCUT2D eigenvalue weighted by Gasteiger charge is 2.22. The van der Waals surface area contributed by atoms with Gasteiger partial charge in [-0.1, -0.05) is 33.6 Å². The summed E-state index contributed by atoms with van der Waals surface area (Å²) >= 11 is 9.47. The molecule has 3 rings (SSSR count). The van der Waals surface area contributed by atoms with Gasteiger partial charge in [-0.15, -0.1) is 0 Å². The van der Waals surface area contributed by atoms with Crippen LogP contribution in [0, 0.1) is 0 Å². The number of benzene rings is 1. The quantitative estimate of drug-likeness (QED) is 0.876. The minimum Gasteiger partial charge on any atom is -0.360 e. The molecule has 4 nitrogen and oxygen atoms in total. The van der Waals surface area contributed by atoms with Crippen molar-refractivity contribution in [1.82, 2.24) is 10.2 Å². The third-order valence-corrected chi connectivity index (χ3v) is 3.87. The molecule has 1 aliphatic rings. The van der Waals surface area contributed by atoms with Crippen LogP contribution in [0.4, 0.5) is 5.69 Å². The zero-order chi connectivity index (χ0) is 12.7. The van der Waals surface area contributed by atoms with Crippen LogP contribution in [0.3, 0.4) is 0 Å². The summed E-state index contributed by atoms with van der Waals surface area (Å²) in [6.45, 7) is 1.48. The molecule has 0 fully saturated rings. The first kappa shape index (κ1) is 11.7. The lowest BCUT2D eigenvalue weighted by Gasteiger charge is -2.17. The fourth-order valence-electron chi connectivity index (χ4n) is 2.13. The van der Waals surface area contributed by atoms with Crippen LogP contribution in [0.2, 0.25) is 5.02 Å². The number of fused-ring (bicyclic) bond motifs is 1. The van der Waals surface area contributed by atoms with Crippen molar-refractivity contribution in [2.24, 2.45) is 0 Å². The number of hydrogen-bond acceptors (Lipinski definition) is 3. The van der Waals surface area contributed by atoms with E-state index < -0.39 is 0 Å². The summed E-state index contributed by atoms with van der Waals surface area (Å²) in [6, 6.07) is 6.18. The van der Waals surface area contributed by atoms with Crippen LogP contribution in [0.15, 0.2) is 33.7 Å². The van der Waals surface area contributed by atoms with Crippen LogP contribution < -0.4 is 10.5 Å². The summed E-state index contributed by atoms with van der Waals surface area (Å²) < 4.78 is 1.05. The van der Waals surface area contributed by atoms with Gasteiger partial charge in [-0.25, -0.2) is 5.10 Å². The number of anilines is 1. The van der Waals surface area contributed by atoms with Gasteiger partial charge >= 0.3 is 0 Å². The average molecular weight is 327 g/mol. The van der Waals surface area contributed by atoms with Crippen LogP contribution >= 0.6 is 27.5 Å². The van der Waals surface area contributed by atoms with Crippen LogP contribution in [0.25, 0.3) is 0 Å². The second kappa shape index (κ2) is 4.40. The van der Waals surface area contributed by atoms with E-state index in [1.54, 1.807) is 6.20 Å². The molecule has 2 heterocycles. The van der Waals surface area contributed by atoms with E-state index in [1.807, 2.05) is 11.0 Å². The van der Waals surface area contributed by atoms with Crippen molar-refractivity contribution < 1.29 is 0 Å². The monoisotopic (exact) mass is 325 g/mol. The molecule has 1 N–H and O–H groups in total. The number of aromatic nitrogens is 2. The molecule has 18 heavy (non-hydrogen) atoms. The first-order valence-electron chi connectivity index (χ1n) is 5.40. The molecular formula is C12H9BrClN3O. The summed E-state index contributed by atoms with van der Waals surface area (Å²) in [5.41, 5.74) is 2.80. The number of nitrogens with zero attached hydrogens (tertiary/aromatic N) is 2.